The summed E-state index contributed by atoms with van der Waals surface area (Å²) in [6, 6.07) is -14.3. The van der Waals surface area contributed by atoms with Crippen molar-refractivity contribution in [1.29, 1.82) is 0 Å². The van der Waals surface area contributed by atoms with Crippen LogP contribution in [-0.4, -0.2) is 169 Å². The predicted octanol–water partition coefficient (Wildman–Crippen LogP) is -5.64. The fourth-order valence-corrected chi connectivity index (χ4v) is 5.62. The number of aliphatic carboxylic acids is 3. The van der Waals surface area contributed by atoms with E-state index in [1.54, 1.807) is 41.5 Å². The summed E-state index contributed by atoms with van der Waals surface area (Å²) < 4.78 is 0. The quantitative estimate of drug-likeness (QED) is 0.0332. The molecule has 26 heteroatoms. The third-order valence-corrected chi connectivity index (χ3v) is 9.55. The van der Waals surface area contributed by atoms with Gasteiger partial charge >= 0.3 is 17.9 Å². The van der Waals surface area contributed by atoms with Gasteiger partial charge in [-0.05, 0) is 38.0 Å². The van der Waals surface area contributed by atoms with Gasteiger partial charge in [-0.3, -0.25) is 47.9 Å². The van der Waals surface area contributed by atoms with E-state index in [1.165, 1.54) is 0 Å². The van der Waals surface area contributed by atoms with Gasteiger partial charge in [0.05, 0.1) is 38.2 Å². The molecule has 0 spiro atoms. The Morgan fingerprint density at radius 3 is 1.31 bits per heavy atom. The number of amides is 8. The lowest BCUT2D eigenvalue weighted by molar-refractivity contribution is -0.145. The Balaban J connectivity index is 6.03. The van der Waals surface area contributed by atoms with E-state index >= 15 is 0 Å². The summed E-state index contributed by atoms with van der Waals surface area (Å²) in [5.74, 6) is -14.5. The zero-order valence-corrected chi connectivity index (χ0v) is 37.0. The Morgan fingerprint density at radius 1 is 0.484 bits per heavy atom. The molecule has 0 heterocycles. The molecule has 8 amide bonds. The number of carboxylic acid groups (broad SMARTS) is 3. The summed E-state index contributed by atoms with van der Waals surface area (Å²) in [6.07, 6.45) is -3.05. The molecule has 0 saturated heterocycles. The minimum atomic E-state index is -1.92. The van der Waals surface area contributed by atoms with Gasteiger partial charge in [0.25, 0.3) is 0 Å². The average molecular weight is 920 g/mol. The monoisotopic (exact) mass is 919 g/mol. The van der Waals surface area contributed by atoms with Gasteiger partial charge in [-0.15, -0.1) is 0 Å². The molecule has 364 valence electrons. The van der Waals surface area contributed by atoms with Gasteiger partial charge in [-0.2, -0.15) is 0 Å². The number of nitrogens with one attached hydrogen (secondary N) is 8. The molecule has 0 aromatic heterocycles. The number of hydrogen-bond donors (Lipinski definition) is 15. The van der Waals surface area contributed by atoms with Gasteiger partial charge in [-0.1, -0.05) is 48.0 Å². The highest BCUT2D eigenvalue weighted by molar-refractivity contribution is 5.99. The largest absolute Gasteiger partial charge is 0.481 e. The Morgan fingerprint density at radius 2 is 0.891 bits per heavy atom. The second-order valence-corrected chi connectivity index (χ2v) is 15.9. The van der Waals surface area contributed by atoms with Crippen molar-refractivity contribution in [1.82, 2.24) is 42.5 Å². The Kier molecular flexibility index (Phi) is 25.3. The molecule has 0 unspecified atom stereocenters. The van der Waals surface area contributed by atoms with Gasteiger partial charge < -0.3 is 78.9 Å². The first-order valence-corrected chi connectivity index (χ1v) is 20.4. The molecule has 11 atom stereocenters. The predicted molar refractivity (Wildman–Crippen MR) is 221 cm³/mol. The first-order valence-electron chi connectivity index (χ1n) is 20.4. The van der Waals surface area contributed by atoms with E-state index in [0.29, 0.717) is 6.42 Å². The summed E-state index contributed by atoms with van der Waals surface area (Å²) in [7, 11) is 0. The van der Waals surface area contributed by atoms with Crippen molar-refractivity contribution < 1.29 is 83.4 Å². The number of aliphatic hydroxyl groups is 3. The molecular weight excluding hydrogens is 854 g/mol. The van der Waals surface area contributed by atoms with Gasteiger partial charge in [0, 0.05) is 0 Å². The van der Waals surface area contributed by atoms with Crippen molar-refractivity contribution in [2.75, 3.05) is 13.2 Å². The summed E-state index contributed by atoms with van der Waals surface area (Å²) in [6.45, 7) is 10.0. The molecule has 0 fully saturated rings. The normalized spacial score (nSPS) is 16.3. The van der Waals surface area contributed by atoms with Crippen molar-refractivity contribution in [3.05, 3.63) is 0 Å². The first kappa shape index (κ1) is 58.0. The zero-order valence-electron chi connectivity index (χ0n) is 37.0. The molecule has 0 bridgehead atoms. The molecular formula is C38H65N9O17. The van der Waals surface area contributed by atoms with Crippen LogP contribution in [0.15, 0.2) is 0 Å². The molecule has 0 aromatic carbocycles. The molecule has 0 radical (unpaired) electrons. The van der Waals surface area contributed by atoms with Crippen LogP contribution in [-0.2, 0) is 52.7 Å². The Hall–Kier alpha value is -5.99. The van der Waals surface area contributed by atoms with Crippen LogP contribution < -0.4 is 48.3 Å². The Bertz CT molecular complexity index is 1680. The van der Waals surface area contributed by atoms with E-state index in [1.807, 2.05) is 10.6 Å². The molecule has 0 rings (SSSR count). The number of carboxylic acids is 3. The minimum absolute atomic E-state index is 0.0248. The topological polar surface area (TPSA) is 431 Å². The lowest BCUT2D eigenvalue weighted by atomic mass is 9.95. The van der Waals surface area contributed by atoms with Gasteiger partial charge in [0.1, 0.15) is 42.3 Å². The van der Waals surface area contributed by atoms with Crippen LogP contribution in [0, 0.1) is 17.8 Å². The molecule has 0 aliphatic heterocycles. The average Bonchev–Trinajstić information content (AvgIpc) is 3.19. The molecule has 16 N–H and O–H groups in total. The number of nitrogens with two attached hydrogens (primary N) is 1. The van der Waals surface area contributed by atoms with Crippen LogP contribution in [0.2, 0.25) is 0 Å². The highest BCUT2D eigenvalue weighted by atomic mass is 16.4. The first-order chi connectivity index (χ1) is 29.6. The fourth-order valence-electron chi connectivity index (χ4n) is 5.62. The third-order valence-electron chi connectivity index (χ3n) is 9.55. The van der Waals surface area contributed by atoms with E-state index in [9.17, 15) is 78.3 Å². The van der Waals surface area contributed by atoms with Gasteiger partial charge in [0.2, 0.25) is 47.3 Å². The SMILES string of the molecule is CC[C@H](C)[C@H](NC(=O)[C@@H](NC(=O)[C@H](CC(C)C)NC(=O)[C@H](CO)NC(=O)[C@H](C)NC(=O)[C@H](CC(=O)O)NC(=O)[C@H](CO)NC(=O)[C@@H](N)CC(=O)O)C(C)C)C(=O)N[C@H](C(=O)O)[C@@H](C)O. The number of rotatable bonds is 29. The second-order valence-electron chi connectivity index (χ2n) is 15.9. The number of carbonyl (C=O) groups is 11. The summed E-state index contributed by atoms with van der Waals surface area (Å²) in [4.78, 5) is 139. The Labute approximate surface area is 369 Å². The molecule has 0 aromatic rings. The van der Waals surface area contributed by atoms with E-state index in [4.69, 9.17) is 10.8 Å². The maximum atomic E-state index is 13.7. The van der Waals surface area contributed by atoms with E-state index < -0.39 is 164 Å². The van der Waals surface area contributed by atoms with Crippen molar-refractivity contribution >= 4 is 65.2 Å². The van der Waals surface area contributed by atoms with E-state index in [0.717, 1.165) is 13.8 Å². The fraction of sp³-hybridized carbons (Fsp3) is 0.711. The standard InChI is InChI=1S/C38H65N9O17/c1-9-17(6)28(37(62)47-29(19(8)50)38(63)64)46-36(61)27(16(4)5)45-33(58)21(10-15(2)3)41-34(59)23(13-48)43-30(55)18(7)40-32(57)22(12-26(53)54)42-35(60)24(14-49)44-31(56)20(39)11-25(51)52/h15-24,27-29,48-50H,9-14,39H2,1-8H3,(H,40,57)(H,41,59)(H,42,60)(H,43,55)(H,44,56)(H,45,58)(H,46,61)(H,47,62)(H,51,52)(H,53,54)(H,63,64)/t17-,18-,19+,20-,21-,22-,23-,24-,27-,28-,29-/m0/s1. The molecule has 26 nitrogen and oxygen atoms in total. The summed E-state index contributed by atoms with van der Waals surface area (Å²) in [5.41, 5.74) is 5.44. The van der Waals surface area contributed by atoms with E-state index in [-0.39, 0.29) is 12.3 Å². The highest BCUT2D eigenvalue weighted by Gasteiger charge is 2.37. The molecule has 0 aliphatic rings. The van der Waals surface area contributed by atoms with Crippen LogP contribution in [0.25, 0.3) is 0 Å². The second kappa shape index (κ2) is 27.9. The molecule has 0 aliphatic carbocycles. The zero-order chi connectivity index (χ0) is 49.8. The summed E-state index contributed by atoms with van der Waals surface area (Å²) in [5, 5.41) is 75.1. The smallest absolute Gasteiger partial charge is 0.328 e. The lowest BCUT2D eigenvalue weighted by Crippen LogP contribution is -2.62. The summed E-state index contributed by atoms with van der Waals surface area (Å²) >= 11 is 0. The highest BCUT2D eigenvalue weighted by Crippen LogP contribution is 2.13. The number of hydrogen-bond acceptors (Lipinski definition) is 15. The lowest BCUT2D eigenvalue weighted by Gasteiger charge is -2.30. The van der Waals surface area contributed by atoms with Crippen molar-refractivity contribution in [2.45, 2.75) is 142 Å². The number of carbonyl (C=O) groups excluding carboxylic acids is 8. The molecule has 64 heavy (non-hydrogen) atoms. The van der Waals surface area contributed by atoms with Crippen LogP contribution in [0.4, 0.5) is 0 Å². The third kappa shape index (κ3) is 20.0. The van der Waals surface area contributed by atoms with Crippen molar-refractivity contribution in [3.8, 4) is 0 Å². The van der Waals surface area contributed by atoms with Gasteiger partial charge in [-0.25, -0.2) is 4.79 Å². The van der Waals surface area contributed by atoms with Crippen LogP contribution in [0.3, 0.4) is 0 Å². The number of aliphatic hydroxyl groups excluding tert-OH is 3. The van der Waals surface area contributed by atoms with Crippen LogP contribution >= 0.6 is 0 Å². The molecule has 0 saturated carbocycles. The maximum absolute atomic E-state index is 13.7. The van der Waals surface area contributed by atoms with Crippen LogP contribution in [0.1, 0.15) is 81.1 Å². The van der Waals surface area contributed by atoms with Crippen molar-refractivity contribution in [2.24, 2.45) is 23.5 Å². The maximum Gasteiger partial charge on any atom is 0.328 e. The van der Waals surface area contributed by atoms with E-state index in [2.05, 4.69) is 31.9 Å². The van der Waals surface area contributed by atoms with Crippen molar-refractivity contribution in [3.63, 3.8) is 0 Å². The minimum Gasteiger partial charge on any atom is -0.481 e. The van der Waals surface area contributed by atoms with Gasteiger partial charge in [0.15, 0.2) is 6.04 Å². The van der Waals surface area contributed by atoms with Crippen LogP contribution in [0.5, 0.6) is 0 Å².